The predicted molar refractivity (Wildman–Crippen MR) is 77.4 cm³/mol. The minimum atomic E-state index is -0.123. The summed E-state index contributed by atoms with van der Waals surface area (Å²) in [6.45, 7) is 0. The Labute approximate surface area is 119 Å². The largest absolute Gasteiger partial charge is 0.349 e. The van der Waals surface area contributed by atoms with Crippen molar-refractivity contribution in [2.24, 2.45) is 5.92 Å². The molecule has 0 radical (unpaired) electrons. The van der Waals surface area contributed by atoms with Crippen molar-refractivity contribution in [3.8, 4) is 0 Å². The lowest BCUT2D eigenvalue weighted by molar-refractivity contribution is -0.124. The molecule has 3 rings (SSSR count). The molecule has 2 aliphatic rings. The maximum atomic E-state index is 12.3. The highest BCUT2D eigenvalue weighted by Crippen LogP contribution is 2.48. The quantitative estimate of drug-likeness (QED) is 0.839. The topological polar surface area (TPSA) is 29.1 Å². The van der Waals surface area contributed by atoms with Crippen molar-refractivity contribution in [2.45, 2.75) is 43.6 Å². The highest BCUT2D eigenvalue weighted by Gasteiger charge is 2.46. The summed E-state index contributed by atoms with van der Waals surface area (Å²) < 4.78 is 0. The minimum absolute atomic E-state index is 0.123. The number of carbonyl (C=O) groups is 1. The second kappa shape index (κ2) is 5.16. The Kier molecular flexibility index (Phi) is 3.53. The number of halogens is 1. The van der Waals surface area contributed by atoms with Crippen molar-refractivity contribution in [3.63, 3.8) is 0 Å². The van der Waals surface area contributed by atoms with Gasteiger partial charge in [-0.25, -0.2) is 0 Å². The van der Waals surface area contributed by atoms with E-state index in [1.807, 2.05) is 18.2 Å². The lowest BCUT2D eigenvalue weighted by atomic mass is 9.99. The highest BCUT2D eigenvalue weighted by atomic mass is 35.5. The van der Waals surface area contributed by atoms with Crippen molar-refractivity contribution < 1.29 is 4.79 Å². The van der Waals surface area contributed by atoms with Gasteiger partial charge in [0.05, 0.1) is 5.54 Å². The first-order valence-electron chi connectivity index (χ1n) is 7.17. The number of amides is 1. The summed E-state index contributed by atoms with van der Waals surface area (Å²) in [6, 6.07) is 10.3. The van der Waals surface area contributed by atoms with Crippen molar-refractivity contribution in [1.29, 1.82) is 0 Å². The van der Waals surface area contributed by atoms with Gasteiger partial charge in [-0.1, -0.05) is 43.2 Å². The molecule has 1 aromatic carbocycles. The van der Waals surface area contributed by atoms with E-state index in [1.54, 1.807) is 0 Å². The molecule has 2 atom stereocenters. The molecule has 2 fully saturated rings. The lowest BCUT2D eigenvalue weighted by Gasteiger charge is -2.28. The van der Waals surface area contributed by atoms with Crippen molar-refractivity contribution >= 4 is 17.5 Å². The first-order chi connectivity index (χ1) is 9.24. The molecule has 0 aliphatic heterocycles. The fourth-order valence-electron chi connectivity index (χ4n) is 3.25. The summed E-state index contributed by atoms with van der Waals surface area (Å²) in [6.07, 6.45) is 5.41. The van der Waals surface area contributed by atoms with E-state index in [4.69, 9.17) is 11.6 Å². The number of hydrogen-bond donors (Lipinski definition) is 1. The molecule has 0 aromatic heterocycles. The molecule has 0 heterocycles. The van der Waals surface area contributed by atoms with Gasteiger partial charge in [0.1, 0.15) is 0 Å². The third kappa shape index (κ3) is 2.64. The molecule has 19 heavy (non-hydrogen) atoms. The second-order valence-electron chi connectivity index (χ2n) is 5.97. The van der Waals surface area contributed by atoms with Gasteiger partial charge in [0.15, 0.2) is 0 Å². The van der Waals surface area contributed by atoms with E-state index in [0.29, 0.717) is 11.8 Å². The molecule has 2 aliphatic carbocycles. The summed E-state index contributed by atoms with van der Waals surface area (Å²) in [5, 5.41) is 3.23. The van der Waals surface area contributed by atoms with Crippen molar-refractivity contribution in [2.75, 3.05) is 5.88 Å². The van der Waals surface area contributed by atoms with Crippen LogP contribution < -0.4 is 5.32 Å². The van der Waals surface area contributed by atoms with Crippen LogP contribution in [0.4, 0.5) is 0 Å². The lowest BCUT2D eigenvalue weighted by Crippen LogP contribution is -2.48. The minimum Gasteiger partial charge on any atom is -0.349 e. The van der Waals surface area contributed by atoms with E-state index >= 15 is 0 Å². The highest BCUT2D eigenvalue weighted by molar-refractivity contribution is 6.18. The third-order valence-electron chi connectivity index (χ3n) is 4.56. The standard InChI is InChI=1S/C16H20ClNO/c17-11-16(8-4-5-9-16)18-15(19)14-10-13(14)12-6-2-1-3-7-12/h1-3,6-7,13-14H,4-5,8-11H2,(H,18,19). The maximum absolute atomic E-state index is 12.3. The van der Waals surface area contributed by atoms with Gasteiger partial charge >= 0.3 is 0 Å². The Balaban J connectivity index is 1.61. The molecule has 102 valence electrons. The normalized spacial score (nSPS) is 28.1. The van der Waals surface area contributed by atoms with E-state index in [9.17, 15) is 4.79 Å². The summed E-state index contributed by atoms with van der Waals surface area (Å²) in [4.78, 5) is 12.3. The average molecular weight is 278 g/mol. The van der Waals surface area contributed by atoms with Crippen molar-refractivity contribution in [3.05, 3.63) is 35.9 Å². The molecule has 1 N–H and O–H groups in total. The van der Waals surface area contributed by atoms with Gasteiger partial charge in [-0.05, 0) is 30.7 Å². The molecule has 2 nitrogen and oxygen atoms in total. The van der Waals surface area contributed by atoms with E-state index in [-0.39, 0.29) is 17.4 Å². The number of carbonyl (C=O) groups excluding carboxylic acids is 1. The molecule has 0 bridgehead atoms. The molecule has 2 saturated carbocycles. The molecule has 1 amide bonds. The van der Waals surface area contributed by atoms with Crippen LogP contribution in [0, 0.1) is 5.92 Å². The SMILES string of the molecule is O=C(NC1(CCl)CCCC1)C1CC1c1ccccc1. The van der Waals surface area contributed by atoms with Crippen LogP contribution in [0.5, 0.6) is 0 Å². The van der Waals surface area contributed by atoms with Gasteiger partial charge in [0.25, 0.3) is 0 Å². The van der Waals surface area contributed by atoms with Gasteiger partial charge in [-0.15, -0.1) is 11.6 Å². The Morgan fingerprint density at radius 1 is 1.26 bits per heavy atom. The molecule has 3 heteroatoms. The Morgan fingerprint density at radius 2 is 1.95 bits per heavy atom. The van der Waals surface area contributed by atoms with Crippen LogP contribution in [0.25, 0.3) is 0 Å². The fraction of sp³-hybridized carbons (Fsp3) is 0.562. The zero-order valence-electron chi connectivity index (χ0n) is 11.1. The van der Waals surface area contributed by atoms with Crippen LogP contribution in [-0.4, -0.2) is 17.3 Å². The first-order valence-corrected chi connectivity index (χ1v) is 7.70. The number of hydrogen-bond acceptors (Lipinski definition) is 1. The van der Waals surface area contributed by atoms with Gasteiger partial charge in [-0.3, -0.25) is 4.79 Å². The van der Waals surface area contributed by atoms with Gasteiger partial charge in [0, 0.05) is 11.8 Å². The Morgan fingerprint density at radius 3 is 2.58 bits per heavy atom. The third-order valence-corrected chi connectivity index (χ3v) is 5.07. The summed E-state index contributed by atoms with van der Waals surface area (Å²) in [5.74, 6) is 1.32. The van der Waals surface area contributed by atoms with Gasteiger partial charge in [0.2, 0.25) is 5.91 Å². The van der Waals surface area contributed by atoms with E-state index in [0.717, 1.165) is 19.3 Å². The summed E-state index contributed by atoms with van der Waals surface area (Å²) in [7, 11) is 0. The number of rotatable bonds is 4. The number of alkyl halides is 1. The van der Waals surface area contributed by atoms with Gasteiger partial charge < -0.3 is 5.32 Å². The molecule has 2 unspecified atom stereocenters. The zero-order valence-corrected chi connectivity index (χ0v) is 11.8. The van der Waals surface area contributed by atoms with Crippen LogP contribution in [0.1, 0.15) is 43.6 Å². The van der Waals surface area contributed by atoms with Crippen LogP contribution in [0.2, 0.25) is 0 Å². The van der Waals surface area contributed by atoms with E-state index < -0.39 is 0 Å². The molecule has 0 saturated heterocycles. The van der Waals surface area contributed by atoms with Crippen molar-refractivity contribution in [1.82, 2.24) is 5.32 Å². The predicted octanol–water partition coefficient (Wildman–Crippen LogP) is 3.46. The molecular weight excluding hydrogens is 258 g/mol. The van der Waals surface area contributed by atoms with Crippen LogP contribution in [0.15, 0.2) is 30.3 Å². The summed E-state index contributed by atoms with van der Waals surface area (Å²) in [5.41, 5.74) is 1.16. The fourth-order valence-corrected chi connectivity index (χ4v) is 3.59. The van der Waals surface area contributed by atoms with Crippen LogP contribution >= 0.6 is 11.6 Å². The Bertz CT molecular complexity index is 453. The Hall–Kier alpha value is -1.02. The summed E-state index contributed by atoms with van der Waals surface area (Å²) >= 11 is 6.07. The monoisotopic (exact) mass is 277 g/mol. The van der Waals surface area contributed by atoms with E-state index in [2.05, 4.69) is 17.4 Å². The molecule has 0 spiro atoms. The number of benzene rings is 1. The zero-order chi connectivity index (χ0) is 13.3. The molecular formula is C16H20ClNO. The molecule has 1 aromatic rings. The van der Waals surface area contributed by atoms with E-state index in [1.165, 1.54) is 18.4 Å². The number of nitrogens with one attached hydrogen (secondary N) is 1. The van der Waals surface area contributed by atoms with Crippen LogP contribution in [0.3, 0.4) is 0 Å². The average Bonchev–Trinajstić information content (AvgIpc) is 3.13. The van der Waals surface area contributed by atoms with Gasteiger partial charge in [-0.2, -0.15) is 0 Å². The maximum Gasteiger partial charge on any atom is 0.224 e. The van der Waals surface area contributed by atoms with Crippen LogP contribution in [-0.2, 0) is 4.79 Å². The first kappa shape index (κ1) is 13.0. The second-order valence-corrected chi connectivity index (χ2v) is 6.24. The smallest absolute Gasteiger partial charge is 0.224 e.